The average molecular weight is 508 g/mol. The summed E-state index contributed by atoms with van der Waals surface area (Å²) in [5.41, 5.74) is 1.98. The number of allylic oxidation sites excluding steroid dienone is 1. The molecule has 1 atom stereocenters. The number of hydrogen-bond donors (Lipinski definition) is 5. The summed E-state index contributed by atoms with van der Waals surface area (Å²) in [7, 11) is 1.55. The number of ether oxygens (including phenoxy) is 1. The molecule has 0 saturated heterocycles. The van der Waals surface area contributed by atoms with E-state index in [4.69, 9.17) is 15.3 Å². The molecule has 2 amide bonds. The molecule has 1 saturated carbocycles. The zero-order valence-electron chi connectivity index (χ0n) is 20.7. The van der Waals surface area contributed by atoms with E-state index in [1.165, 1.54) is 13.8 Å². The number of nitrogens with one attached hydrogen (secondary N) is 3. The number of nitrogens with zero attached hydrogens (tertiary/aromatic N) is 2. The van der Waals surface area contributed by atoms with E-state index in [1.54, 1.807) is 19.4 Å². The molecular weight excluding hydrogens is 478 g/mol. The molecular formula is C26H29N5O6. The predicted octanol–water partition coefficient (Wildman–Crippen LogP) is 2.58. The van der Waals surface area contributed by atoms with Crippen molar-refractivity contribution in [1.82, 2.24) is 15.6 Å². The van der Waals surface area contributed by atoms with Gasteiger partial charge in [-0.25, -0.2) is 9.98 Å². The van der Waals surface area contributed by atoms with Gasteiger partial charge in [0.1, 0.15) is 5.76 Å². The number of hydrogen-bond acceptors (Lipinski definition) is 7. The van der Waals surface area contributed by atoms with Gasteiger partial charge in [-0.15, -0.1) is 0 Å². The summed E-state index contributed by atoms with van der Waals surface area (Å²) < 4.78 is 5.09. The summed E-state index contributed by atoms with van der Waals surface area (Å²) in [6.45, 7) is 2.54. The van der Waals surface area contributed by atoms with Gasteiger partial charge in [0.05, 0.1) is 24.1 Å². The number of pyridine rings is 1. The topological polar surface area (TPSA) is 174 Å². The second kappa shape index (κ2) is 11.5. The molecule has 0 radical (unpaired) electrons. The van der Waals surface area contributed by atoms with Crippen molar-refractivity contribution in [3.8, 4) is 17.0 Å². The second-order valence-electron chi connectivity index (χ2n) is 8.76. The van der Waals surface area contributed by atoms with Crippen LogP contribution in [0.1, 0.15) is 32.3 Å². The van der Waals surface area contributed by atoms with Crippen molar-refractivity contribution in [1.29, 1.82) is 5.41 Å². The zero-order valence-corrected chi connectivity index (χ0v) is 20.7. The molecule has 1 aliphatic carbocycles. The Bertz CT molecular complexity index is 1240. The Labute approximate surface area is 213 Å². The van der Waals surface area contributed by atoms with E-state index >= 15 is 0 Å². The average Bonchev–Trinajstić information content (AvgIpc) is 3.67. The van der Waals surface area contributed by atoms with Gasteiger partial charge in [0.2, 0.25) is 11.7 Å². The van der Waals surface area contributed by atoms with Crippen molar-refractivity contribution in [3.05, 3.63) is 59.5 Å². The molecule has 1 aromatic heterocycles. The molecule has 1 fully saturated rings. The highest BCUT2D eigenvalue weighted by Crippen LogP contribution is 2.46. The largest absolute Gasteiger partial charge is 0.512 e. The highest BCUT2D eigenvalue weighted by atomic mass is 16.5. The lowest BCUT2D eigenvalue weighted by atomic mass is 10.00. The number of aliphatic hydroxyl groups excluding tert-OH is 1. The summed E-state index contributed by atoms with van der Waals surface area (Å²) in [5.74, 6) is -3.95. The van der Waals surface area contributed by atoms with Crippen LogP contribution in [0.5, 0.6) is 5.88 Å². The minimum Gasteiger partial charge on any atom is -0.512 e. The van der Waals surface area contributed by atoms with Gasteiger partial charge in [-0.3, -0.25) is 19.8 Å². The van der Waals surface area contributed by atoms with Crippen LogP contribution in [0.2, 0.25) is 0 Å². The minimum absolute atomic E-state index is 0.176. The standard InChI is InChI=1S/C26H29N5O6/c1-15(25(35)36)12-30-24(34)22(27)29-14-20(16(2)32)23(33)31-26(10-11-26)19-7-4-17(5-8-19)18-6-9-21(37-3)28-13-18/h4-9,13-15,27,32H,10-12H2,1-3H3,(H,30,34)(H,31,33)(H,35,36)/b20-16-,27-22?,29-14?. The number of methoxy groups -OCH3 is 1. The smallest absolute Gasteiger partial charge is 0.308 e. The molecule has 0 spiro atoms. The van der Waals surface area contributed by atoms with Crippen LogP contribution < -0.4 is 15.4 Å². The Kier molecular flexibility index (Phi) is 8.38. The monoisotopic (exact) mass is 507 g/mol. The molecule has 194 valence electrons. The molecule has 11 nitrogen and oxygen atoms in total. The number of carboxylic acid groups (broad SMARTS) is 1. The number of aliphatic carboxylic acids is 1. The van der Waals surface area contributed by atoms with Crippen LogP contribution in [0.4, 0.5) is 0 Å². The van der Waals surface area contributed by atoms with E-state index in [2.05, 4.69) is 20.6 Å². The van der Waals surface area contributed by atoms with Crippen molar-refractivity contribution in [2.24, 2.45) is 10.9 Å². The van der Waals surface area contributed by atoms with Crippen molar-refractivity contribution >= 4 is 29.8 Å². The third-order valence-corrected chi connectivity index (χ3v) is 5.98. The predicted molar refractivity (Wildman–Crippen MR) is 137 cm³/mol. The lowest BCUT2D eigenvalue weighted by molar-refractivity contribution is -0.141. The van der Waals surface area contributed by atoms with Crippen molar-refractivity contribution in [3.63, 3.8) is 0 Å². The lowest BCUT2D eigenvalue weighted by Gasteiger charge is -2.19. The molecule has 1 unspecified atom stereocenters. The zero-order chi connectivity index (χ0) is 27.2. The van der Waals surface area contributed by atoms with Gasteiger partial charge in [0, 0.05) is 30.6 Å². The molecule has 1 heterocycles. The molecule has 37 heavy (non-hydrogen) atoms. The normalized spacial score (nSPS) is 15.3. The number of amidine groups is 1. The lowest BCUT2D eigenvalue weighted by Crippen LogP contribution is -2.37. The first-order chi connectivity index (χ1) is 17.6. The number of rotatable bonds is 9. The van der Waals surface area contributed by atoms with E-state index < -0.39 is 35.1 Å². The fraction of sp³-hybridized carbons (Fsp3) is 0.308. The van der Waals surface area contributed by atoms with Gasteiger partial charge in [-0.05, 0) is 37.0 Å². The number of aromatic nitrogens is 1. The summed E-state index contributed by atoms with van der Waals surface area (Å²) in [4.78, 5) is 43.7. The van der Waals surface area contributed by atoms with Crippen LogP contribution in [0.15, 0.2) is 58.9 Å². The fourth-order valence-electron chi connectivity index (χ4n) is 3.47. The number of benzene rings is 1. The Morgan fingerprint density at radius 2 is 1.78 bits per heavy atom. The van der Waals surface area contributed by atoms with E-state index in [0.717, 1.165) is 22.9 Å². The van der Waals surface area contributed by atoms with E-state index in [1.807, 2.05) is 30.3 Å². The van der Waals surface area contributed by atoms with Gasteiger partial charge in [-0.2, -0.15) is 0 Å². The maximum atomic E-state index is 13.0. The molecule has 11 heteroatoms. The quantitative estimate of drug-likeness (QED) is 0.150. The van der Waals surface area contributed by atoms with Crippen molar-refractivity contribution in [2.75, 3.05) is 13.7 Å². The van der Waals surface area contributed by atoms with Gasteiger partial charge < -0.3 is 25.6 Å². The molecule has 0 bridgehead atoms. The van der Waals surface area contributed by atoms with E-state index in [9.17, 15) is 19.5 Å². The van der Waals surface area contributed by atoms with Crippen LogP contribution >= 0.6 is 0 Å². The highest BCUT2D eigenvalue weighted by Gasteiger charge is 2.46. The van der Waals surface area contributed by atoms with Gasteiger partial charge >= 0.3 is 5.97 Å². The third-order valence-electron chi connectivity index (χ3n) is 5.98. The van der Waals surface area contributed by atoms with Crippen LogP contribution in [0.3, 0.4) is 0 Å². The molecule has 1 aliphatic rings. The molecule has 3 rings (SSSR count). The van der Waals surface area contributed by atoms with Gasteiger partial charge in [0.15, 0.2) is 0 Å². The first kappa shape index (κ1) is 27.1. The number of amides is 2. The Morgan fingerprint density at radius 3 is 2.30 bits per heavy atom. The van der Waals surface area contributed by atoms with Crippen LogP contribution in [0.25, 0.3) is 11.1 Å². The van der Waals surface area contributed by atoms with E-state index in [-0.39, 0.29) is 17.9 Å². The first-order valence-corrected chi connectivity index (χ1v) is 11.5. The Morgan fingerprint density at radius 1 is 1.14 bits per heavy atom. The molecule has 2 aromatic rings. The number of carbonyl (C=O) groups excluding carboxylic acids is 2. The SMILES string of the molecule is COc1ccc(-c2ccc(C3(NC(=O)/C(C=NC(=N)C(=O)NCC(C)C(=O)O)=C(/C)O)CC3)cc2)cn1. The third kappa shape index (κ3) is 6.78. The molecule has 5 N–H and O–H groups in total. The summed E-state index contributed by atoms with van der Waals surface area (Å²) in [6, 6.07) is 11.4. The van der Waals surface area contributed by atoms with Crippen LogP contribution in [-0.4, -0.2) is 58.7 Å². The number of carboxylic acids is 1. The first-order valence-electron chi connectivity index (χ1n) is 11.5. The van der Waals surface area contributed by atoms with Crippen molar-refractivity contribution < 1.29 is 29.3 Å². The van der Waals surface area contributed by atoms with E-state index in [0.29, 0.717) is 18.7 Å². The summed E-state index contributed by atoms with van der Waals surface area (Å²) in [6.07, 6.45) is 4.07. The number of aliphatic imine (C=N–C) groups is 1. The van der Waals surface area contributed by atoms with Crippen molar-refractivity contribution in [2.45, 2.75) is 32.2 Å². The summed E-state index contributed by atoms with van der Waals surface area (Å²) in [5, 5.41) is 31.9. The second-order valence-corrected chi connectivity index (χ2v) is 8.76. The fourth-order valence-corrected chi connectivity index (χ4v) is 3.47. The maximum absolute atomic E-state index is 13.0. The maximum Gasteiger partial charge on any atom is 0.308 e. The molecule has 0 aliphatic heterocycles. The van der Waals surface area contributed by atoms with Gasteiger partial charge in [-0.1, -0.05) is 31.2 Å². The molecule has 1 aromatic carbocycles. The number of aliphatic hydroxyl groups is 1. The Hall–Kier alpha value is -4.54. The highest BCUT2D eigenvalue weighted by molar-refractivity contribution is 6.38. The van der Waals surface area contributed by atoms with Crippen LogP contribution in [-0.2, 0) is 19.9 Å². The van der Waals surface area contributed by atoms with Crippen LogP contribution in [0, 0.1) is 11.3 Å². The Balaban J connectivity index is 1.66. The van der Waals surface area contributed by atoms with Gasteiger partial charge in [0.25, 0.3) is 11.8 Å². The minimum atomic E-state index is -1.09. The number of carbonyl (C=O) groups is 3. The summed E-state index contributed by atoms with van der Waals surface area (Å²) >= 11 is 0.